The van der Waals surface area contributed by atoms with Crippen molar-refractivity contribution in [3.8, 4) is 11.5 Å². The van der Waals surface area contributed by atoms with Gasteiger partial charge in [0.15, 0.2) is 22.4 Å². The molecule has 4 aliphatic heterocycles. The zero-order valence-corrected chi connectivity index (χ0v) is 42.8. The first-order valence-corrected chi connectivity index (χ1v) is 25.0. The maximum atomic E-state index is 14.9. The maximum Gasteiger partial charge on any atom is 0.307 e. The number of alkyl halides is 1. The number of aromatic nitrogens is 1. The lowest BCUT2D eigenvalue weighted by Gasteiger charge is -2.39. The van der Waals surface area contributed by atoms with Crippen molar-refractivity contribution >= 4 is 84.6 Å². The molecule has 3 aromatic carbocycles. The van der Waals surface area contributed by atoms with Crippen LogP contribution in [0.3, 0.4) is 0 Å². The molecule has 0 spiro atoms. The van der Waals surface area contributed by atoms with Gasteiger partial charge < -0.3 is 54.0 Å². The number of nitrogens with zero attached hydrogens (tertiary/aromatic N) is 2. The standard InChI is InChI=1S/C52H64IN3O13/c1-10-11-12-16-33-43(59)25(2)14-13-15-26(3)51(64)55-42-46(62)38-37(41-49(42)68-36-24-32(23-34(58)40(36)54-41)56-20-17-31(53)18-21-56)39-48(29(6)45(38)61)69-52(8,50(39)63)66-22-19-35(65-9)27(4)47(67-30(7)57)28(5)44(33)60/h13-15,19,22-25,27-28,31,33,35,43-44,47,59-61,63H,10-12,16-18,20-21H2,1-9H3,(H,55,64)/b14-13+,22-19+,26-15-/t25-,27+,28+,33+,35-,43-,44-,47+,52-/m0/s1. The van der Waals surface area contributed by atoms with E-state index in [0.29, 0.717) is 29.1 Å². The van der Waals surface area contributed by atoms with Gasteiger partial charge in [0.1, 0.15) is 28.8 Å². The summed E-state index contributed by atoms with van der Waals surface area (Å²) < 4.78 is 31.3. The number of ether oxygens (including phenoxy) is 4. The Morgan fingerprint density at radius 3 is 2.38 bits per heavy atom. The van der Waals surface area contributed by atoms with E-state index in [1.165, 1.54) is 53.2 Å². The van der Waals surface area contributed by atoms with Crippen LogP contribution >= 0.6 is 22.6 Å². The van der Waals surface area contributed by atoms with Crippen molar-refractivity contribution in [2.75, 3.05) is 30.4 Å². The molecule has 1 fully saturated rings. The second-order valence-corrected chi connectivity index (χ2v) is 20.8. The fraction of sp³-hybridized carbons (Fsp3) is 0.519. The SMILES string of the molecule is CCCCC[C@@H]1[C@@H](O)[C@@H](C)/C=C/C=C(/C)C(=O)Nc2c(=O)c3c(O)c(C)c4c(c3c3nc5c(=O)cc(N6CCC(I)CC6)cc5oc23)=C(O)[C@@](C)(O/C=C/[C@H](OC)[C@@H](C)[C@@H](OC(C)=O)[C@H](C)[C@@H]1O)O4. The van der Waals surface area contributed by atoms with Crippen molar-refractivity contribution < 1.29 is 53.4 Å². The molecule has 17 heteroatoms. The number of aliphatic hydroxyl groups is 3. The number of aromatic hydroxyl groups is 1. The van der Waals surface area contributed by atoms with Crippen LogP contribution in [0.1, 0.15) is 92.6 Å². The zero-order valence-electron chi connectivity index (χ0n) is 40.6. The number of carbonyl (C=O) groups excluding carboxylic acids is 2. The average molecular weight is 1070 g/mol. The normalized spacial score (nSPS) is 29.2. The smallest absolute Gasteiger partial charge is 0.307 e. The predicted molar refractivity (Wildman–Crippen MR) is 273 cm³/mol. The number of unbranched alkanes of at least 4 members (excludes halogenated alkanes) is 2. The number of esters is 1. The van der Waals surface area contributed by atoms with Gasteiger partial charge in [-0.15, -0.1) is 0 Å². The van der Waals surface area contributed by atoms with E-state index in [4.69, 9.17) is 28.3 Å². The molecule has 1 amide bonds. The number of piperidine rings is 1. The van der Waals surface area contributed by atoms with Crippen molar-refractivity contribution in [1.82, 2.24) is 4.98 Å². The first-order chi connectivity index (χ1) is 32.7. The van der Waals surface area contributed by atoms with Crippen molar-refractivity contribution in [2.45, 2.75) is 128 Å². The van der Waals surface area contributed by atoms with Gasteiger partial charge in [-0.1, -0.05) is 87.8 Å². The number of amides is 1. The molecular weight excluding hydrogens is 1000 g/mol. The number of anilines is 2. The minimum Gasteiger partial charge on any atom is -0.507 e. The van der Waals surface area contributed by atoms with Crippen LogP contribution in [-0.4, -0.2) is 91.6 Å². The van der Waals surface area contributed by atoms with Gasteiger partial charge in [0.2, 0.25) is 10.9 Å². The third-order valence-electron chi connectivity index (χ3n) is 14.1. The van der Waals surface area contributed by atoms with E-state index in [0.717, 1.165) is 32.1 Å². The Kier molecular flexibility index (Phi) is 15.7. The molecule has 0 saturated carbocycles. The molecule has 0 unspecified atom stereocenters. The molecule has 1 saturated heterocycles. The van der Waals surface area contributed by atoms with Crippen LogP contribution < -0.4 is 31.0 Å². The highest BCUT2D eigenvalue weighted by Gasteiger charge is 2.44. The first-order valence-electron chi connectivity index (χ1n) is 23.7. The monoisotopic (exact) mass is 1070 g/mol. The highest BCUT2D eigenvalue weighted by Crippen LogP contribution is 2.42. The topological polar surface area (TPSA) is 227 Å². The lowest BCUT2D eigenvalue weighted by atomic mass is 9.75. The number of aliphatic hydroxyl groups excluding tert-OH is 3. The Labute approximate surface area is 414 Å². The van der Waals surface area contributed by atoms with E-state index in [2.05, 4.69) is 39.7 Å². The third kappa shape index (κ3) is 10.1. The number of nitrogens with one attached hydrogen (secondary N) is 1. The minimum absolute atomic E-state index is 0.0421. The van der Waals surface area contributed by atoms with Crippen LogP contribution in [0.25, 0.3) is 38.7 Å². The van der Waals surface area contributed by atoms with E-state index < -0.39 is 88.1 Å². The molecule has 16 nitrogen and oxygen atoms in total. The van der Waals surface area contributed by atoms with Gasteiger partial charge in [-0.2, -0.15) is 0 Å². The molecule has 9 atom stereocenters. The lowest BCUT2D eigenvalue weighted by molar-refractivity contribution is -0.161. The summed E-state index contributed by atoms with van der Waals surface area (Å²) in [7, 11) is 1.46. The Bertz CT molecular complexity index is 2910. The second-order valence-electron chi connectivity index (χ2n) is 19.0. The number of allylic oxidation sites excluding steroid dienone is 2. The third-order valence-corrected chi connectivity index (χ3v) is 15.4. The molecule has 5 N–H and O–H groups in total. The number of rotatable bonds is 7. The molecule has 4 aromatic rings. The lowest BCUT2D eigenvalue weighted by Crippen LogP contribution is -2.47. The molecule has 5 heterocycles. The summed E-state index contributed by atoms with van der Waals surface area (Å²) in [5.41, 5.74) is -1.26. The highest BCUT2D eigenvalue weighted by molar-refractivity contribution is 14.1. The van der Waals surface area contributed by atoms with E-state index >= 15 is 0 Å². The van der Waals surface area contributed by atoms with Crippen molar-refractivity contribution in [1.29, 1.82) is 0 Å². The summed E-state index contributed by atoms with van der Waals surface area (Å²) in [6.07, 6.45) is 8.61. The quantitative estimate of drug-likeness (QED) is 0.0301. The van der Waals surface area contributed by atoms with E-state index in [-0.39, 0.29) is 60.8 Å². The van der Waals surface area contributed by atoms with Crippen LogP contribution in [0, 0.1) is 30.6 Å². The summed E-state index contributed by atoms with van der Waals surface area (Å²) in [5.74, 6) is -6.79. The fourth-order valence-electron chi connectivity index (χ4n) is 9.96. The largest absolute Gasteiger partial charge is 0.507 e. The maximum absolute atomic E-state index is 14.9. The molecule has 0 radical (unpaired) electrons. The van der Waals surface area contributed by atoms with Gasteiger partial charge in [0.25, 0.3) is 5.91 Å². The molecule has 4 aliphatic rings. The number of fused-ring (bicyclic) bond motifs is 14. The van der Waals surface area contributed by atoms with Gasteiger partial charge >= 0.3 is 11.8 Å². The van der Waals surface area contributed by atoms with Crippen LogP contribution in [0.4, 0.5) is 11.4 Å². The van der Waals surface area contributed by atoms with Gasteiger partial charge in [0, 0.05) is 96.0 Å². The number of hydrogen-bond donors (Lipinski definition) is 5. The van der Waals surface area contributed by atoms with Gasteiger partial charge in [-0.05, 0) is 39.2 Å². The summed E-state index contributed by atoms with van der Waals surface area (Å²) >= 11 is 2.42. The van der Waals surface area contributed by atoms with Gasteiger partial charge in [0.05, 0.1) is 35.2 Å². The summed E-state index contributed by atoms with van der Waals surface area (Å²) in [6, 6.07) is 3.16. The molecule has 69 heavy (non-hydrogen) atoms. The molecule has 8 rings (SSSR count). The first kappa shape index (κ1) is 51.6. The van der Waals surface area contributed by atoms with Crippen LogP contribution in [-0.2, 0) is 23.8 Å². The molecule has 5 bridgehead atoms. The fourth-order valence-corrected chi connectivity index (χ4v) is 10.5. The summed E-state index contributed by atoms with van der Waals surface area (Å²) in [5, 5.41) is 50.3. The molecule has 372 valence electrons. The Morgan fingerprint density at radius 1 is 1.00 bits per heavy atom. The van der Waals surface area contributed by atoms with E-state index in [9.17, 15) is 39.6 Å². The Balaban J connectivity index is 1.46. The molecular formula is C52H64IN3O13. The zero-order chi connectivity index (χ0) is 50.2. The number of hydrogen-bond acceptors (Lipinski definition) is 15. The minimum atomic E-state index is -1.98. The number of phenolic OH excluding ortho intramolecular Hbond substituents is 1. The van der Waals surface area contributed by atoms with Crippen LogP contribution in [0.5, 0.6) is 11.5 Å². The van der Waals surface area contributed by atoms with Crippen molar-refractivity contribution in [2.24, 2.45) is 23.7 Å². The predicted octanol–water partition coefficient (Wildman–Crippen LogP) is 7.52. The van der Waals surface area contributed by atoms with Crippen molar-refractivity contribution in [3.63, 3.8) is 0 Å². The van der Waals surface area contributed by atoms with Crippen molar-refractivity contribution in [3.05, 3.63) is 79.5 Å². The number of benzene rings is 3. The molecule has 0 aliphatic carbocycles. The van der Waals surface area contributed by atoms with Crippen LogP contribution in [0.2, 0.25) is 0 Å². The number of phenols is 1. The summed E-state index contributed by atoms with van der Waals surface area (Å²) in [4.78, 5) is 62.5. The Morgan fingerprint density at radius 2 is 1.71 bits per heavy atom. The number of halogens is 1. The molecule has 1 aromatic heterocycles. The number of methoxy groups -OCH3 is 1. The number of carbonyl (C=O) groups is 2. The average Bonchev–Trinajstić information content (AvgIpc) is 3.58. The highest BCUT2D eigenvalue weighted by atomic mass is 127. The van der Waals surface area contributed by atoms with E-state index in [1.54, 1.807) is 45.1 Å². The van der Waals surface area contributed by atoms with Gasteiger partial charge in [-0.25, -0.2) is 4.98 Å². The second kappa shape index (κ2) is 21.0. The summed E-state index contributed by atoms with van der Waals surface area (Å²) in [6.45, 7) is 14.6. The van der Waals surface area contributed by atoms with Gasteiger partial charge in [-0.3, -0.25) is 19.2 Å². The Hall–Kier alpha value is -5.24. The van der Waals surface area contributed by atoms with E-state index in [1.807, 2.05) is 0 Å². The van der Waals surface area contributed by atoms with Crippen LogP contribution in [0.15, 0.2) is 62.3 Å².